The van der Waals surface area contributed by atoms with E-state index < -0.39 is 12.1 Å². The van der Waals surface area contributed by atoms with Gasteiger partial charge in [-0.2, -0.15) is 0 Å². The van der Waals surface area contributed by atoms with Crippen molar-refractivity contribution in [2.75, 3.05) is 0 Å². The van der Waals surface area contributed by atoms with Gasteiger partial charge < -0.3 is 9.67 Å². The average molecular weight is 158 g/mol. The fourth-order valence-corrected chi connectivity index (χ4v) is 0.690. The highest BCUT2D eigenvalue weighted by atomic mass is 19.1. The summed E-state index contributed by atoms with van der Waals surface area (Å²) in [7, 11) is 1.64. The van der Waals surface area contributed by atoms with Gasteiger partial charge in [0.2, 0.25) is 6.17 Å². The molecule has 0 aliphatic carbocycles. The molecule has 11 heavy (non-hydrogen) atoms. The van der Waals surface area contributed by atoms with E-state index >= 15 is 0 Å². The molecule has 0 aliphatic heterocycles. The summed E-state index contributed by atoms with van der Waals surface area (Å²) < 4.78 is 14.1. The van der Waals surface area contributed by atoms with Gasteiger partial charge in [-0.1, -0.05) is 0 Å². The van der Waals surface area contributed by atoms with Crippen LogP contribution in [0.5, 0.6) is 0 Å². The summed E-state index contributed by atoms with van der Waals surface area (Å²) in [5.74, 6) is -1.51. The lowest BCUT2D eigenvalue weighted by Gasteiger charge is -1.95. The van der Waals surface area contributed by atoms with Crippen molar-refractivity contribution in [3.63, 3.8) is 0 Å². The predicted octanol–water partition coefficient (Wildman–Crippen LogP) is 0.515. The number of carbonyl (C=O) groups is 1. The molecule has 0 aliphatic rings. The summed E-state index contributed by atoms with van der Waals surface area (Å²) in [4.78, 5) is 13.6. The van der Waals surface area contributed by atoms with Crippen molar-refractivity contribution in [1.29, 1.82) is 0 Å². The van der Waals surface area contributed by atoms with E-state index in [0.29, 0.717) is 0 Å². The molecule has 0 amide bonds. The number of carboxylic acid groups (broad SMARTS) is 1. The van der Waals surface area contributed by atoms with Crippen molar-refractivity contribution in [3.05, 3.63) is 18.2 Å². The van der Waals surface area contributed by atoms with Crippen molar-refractivity contribution in [3.8, 4) is 0 Å². The molecule has 0 saturated heterocycles. The molecule has 1 unspecified atom stereocenters. The van der Waals surface area contributed by atoms with E-state index in [2.05, 4.69) is 4.98 Å². The number of hydrogen-bond donors (Lipinski definition) is 1. The SMILES string of the molecule is Cn1cnc(C(F)C(=O)O)c1. The van der Waals surface area contributed by atoms with Gasteiger partial charge in [-0.15, -0.1) is 0 Å². The molecule has 1 heterocycles. The maximum atomic E-state index is 12.6. The molecule has 0 saturated carbocycles. The number of aromatic nitrogens is 2. The van der Waals surface area contributed by atoms with Crippen LogP contribution in [0.3, 0.4) is 0 Å². The zero-order chi connectivity index (χ0) is 8.43. The van der Waals surface area contributed by atoms with E-state index in [4.69, 9.17) is 5.11 Å². The normalized spacial score (nSPS) is 12.9. The summed E-state index contributed by atoms with van der Waals surface area (Å²) in [5.41, 5.74) is -0.0694. The van der Waals surface area contributed by atoms with Gasteiger partial charge in [0, 0.05) is 13.2 Å². The molecule has 0 radical (unpaired) electrons. The molecule has 5 heteroatoms. The molecule has 1 atom stereocenters. The van der Waals surface area contributed by atoms with E-state index in [1.807, 2.05) is 0 Å². The van der Waals surface area contributed by atoms with Crippen LogP contribution in [0.1, 0.15) is 11.9 Å². The third-order valence-electron chi connectivity index (χ3n) is 1.20. The summed E-state index contributed by atoms with van der Waals surface area (Å²) in [6, 6.07) is 0. The molecule has 1 aromatic rings. The molecule has 1 rings (SSSR count). The zero-order valence-electron chi connectivity index (χ0n) is 5.86. The van der Waals surface area contributed by atoms with Gasteiger partial charge >= 0.3 is 5.97 Å². The topological polar surface area (TPSA) is 55.1 Å². The van der Waals surface area contributed by atoms with Crippen LogP contribution in [0.4, 0.5) is 4.39 Å². The van der Waals surface area contributed by atoms with Crippen molar-refractivity contribution in [2.45, 2.75) is 6.17 Å². The first-order chi connectivity index (χ1) is 5.11. The Morgan fingerprint density at radius 3 is 2.91 bits per heavy atom. The van der Waals surface area contributed by atoms with Gasteiger partial charge in [0.15, 0.2) is 0 Å². The Bertz CT molecular complexity index is 271. The Hall–Kier alpha value is -1.39. The number of hydrogen-bond acceptors (Lipinski definition) is 2. The Morgan fingerprint density at radius 1 is 1.91 bits per heavy atom. The average Bonchev–Trinajstić information content (AvgIpc) is 2.34. The van der Waals surface area contributed by atoms with Crippen LogP contribution in [-0.4, -0.2) is 20.6 Å². The largest absolute Gasteiger partial charge is 0.479 e. The van der Waals surface area contributed by atoms with E-state index in [9.17, 15) is 9.18 Å². The number of carboxylic acids is 1. The summed E-state index contributed by atoms with van der Waals surface area (Å²) in [6.45, 7) is 0. The van der Waals surface area contributed by atoms with Crippen LogP contribution in [-0.2, 0) is 11.8 Å². The molecule has 60 valence electrons. The van der Waals surface area contributed by atoms with Crippen LogP contribution >= 0.6 is 0 Å². The van der Waals surface area contributed by atoms with Crippen molar-refractivity contribution in [2.24, 2.45) is 7.05 Å². The lowest BCUT2D eigenvalue weighted by Crippen LogP contribution is -2.05. The molecule has 4 nitrogen and oxygen atoms in total. The number of halogens is 1. The molecule has 0 bridgehead atoms. The van der Waals surface area contributed by atoms with Gasteiger partial charge in [-0.25, -0.2) is 14.2 Å². The van der Waals surface area contributed by atoms with E-state index in [1.165, 1.54) is 17.1 Å². The third kappa shape index (κ3) is 1.54. The number of aryl methyl sites for hydroxylation is 1. The molecular formula is C6H7FN2O2. The fourth-order valence-electron chi connectivity index (χ4n) is 0.690. The second-order valence-electron chi connectivity index (χ2n) is 2.16. The number of nitrogens with zero attached hydrogens (tertiary/aromatic N) is 2. The van der Waals surface area contributed by atoms with Crippen molar-refractivity contribution >= 4 is 5.97 Å². The fraction of sp³-hybridized carbons (Fsp3) is 0.333. The summed E-state index contributed by atoms with van der Waals surface area (Å²) >= 11 is 0. The van der Waals surface area contributed by atoms with Gasteiger partial charge in [0.25, 0.3) is 0 Å². The molecule has 0 aromatic carbocycles. The molecule has 0 spiro atoms. The molecule has 0 fully saturated rings. The Kier molecular flexibility index (Phi) is 1.89. The van der Waals surface area contributed by atoms with Crippen LogP contribution in [0.25, 0.3) is 0 Å². The second-order valence-corrected chi connectivity index (χ2v) is 2.16. The summed E-state index contributed by atoms with van der Waals surface area (Å²) in [5, 5.41) is 8.22. The zero-order valence-corrected chi connectivity index (χ0v) is 5.86. The van der Waals surface area contributed by atoms with Crippen molar-refractivity contribution in [1.82, 2.24) is 9.55 Å². The standard InChI is InChI=1S/C6H7FN2O2/c1-9-2-4(8-3-9)5(7)6(10)11/h2-3,5H,1H3,(H,10,11). The van der Waals surface area contributed by atoms with E-state index in [0.717, 1.165) is 0 Å². The quantitative estimate of drug-likeness (QED) is 0.682. The van der Waals surface area contributed by atoms with E-state index in [-0.39, 0.29) is 5.69 Å². The van der Waals surface area contributed by atoms with Gasteiger partial charge in [-0.05, 0) is 0 Å². The van der Waals surface area contributed by atoms with Crippen LogP contribution < -0.4 is 0 Å². The number of imidazole rings is 1. The minimum absolute atomic E-state index is 0.0694. The van der Waals surface area contributed by atoms with Crippen LogP contribution in [0, 0.1) is 0 Å². The Morgan fingerprint density at radius 2 is 2.55 bits per heavy atom. The molecule has 1 N–H and O–H groups in total. The first-order valence-electron chi connectivity index (χ1n) is 2.96. The number of alkyl halides is 1. The maximum Gasteiger partial charge on any atom is 0.344 e. The predicted molar refractivity (Wildman–Crippen MR) is 34.7 cm³/mol. The maximum absolute atomic E-state index is 12.6. The number of rotatable bonds is 2. The van der Waals surface area contributed by atoms with Crippen LogP contribution in [0.15, 0.2) is 12.5 Å². The Labute approximate surface area is 62.3 Å². The second kappa shape index (κ2) is 2.69. The third-order valence-corrected chi connectivity index (χ3v) is 1.20. The highest BCUT2D eigenvalue weighted by Gasteiger charge is 2.20. The first kappa shape index (κ1) is 7.71. The van der Waals surface area contributed by atoms with E-state index in [1.54, 1.807) is 7.05 Å². The molecule has 1 aromatic heterocycles. The molecular weight excluding hydrogens is 151 g/mol. The van der Waals surface area contributed by atoms with Gasteiger partial charge in [-0.3, -0.25) is 0 Å². The lowest BCUT2D eigenvalue weighted by atomic mass is 10.3. The first-order valence-corrected chi connectivity index (χ1v) is 2.96. The number of aliphatic carboxylic acids is 1. The highest BCUT2D eigenvalue weighted by molar-refractivity contribution is 5.73. The van der Waals surface area contributed by atoms with Crippen LogP contribution in [0.2, 0.25) is 0 Å². The minimum atomic E-state index is -2.02. The van der Waals surface area contributed by atoms with Gasteiger partial charge in [0.1, 0.15) is 5.69 Å². The lowest BCUT2D eigenvalue weighted by molar-refractivity contribution is -0.143. The smallest absolute Gasteiger partial charge is 0.344 e. The minimum Gasteiger partial charge on any atom is -0.479 e. The van der Waals surface area contributed by atoms with Gasteiger partial charge in [0.05, 0.1) is 6.33 Å². The summed E-state index contributed by atoms with van der Waals surface area (Å²) in [6.07, 6.45) is 0.667. The Balaban J connectivity index is 2.84. The monoisotopic (exact) mass is 158 g/mol. The van der Waals surface area contributed by atoms with Crippen molar-refractivity contribution < 1.29 is 14.3 Å². The highest BCUT2D eigenvalue weighted by Crippen LogP contribution is 2.13.